The van der Waals surface area contributed by atoms with Crippen molar-refractivity contribution in [3.05, 3.63) is 54.1 Å². The normalized spacial score (nSPS) is 12.4. The number of aromatic hydroxyl groups is 2. The summed E-state index contributed by atoms with van der Waals surface area (Å²) >= 11 is 0. The molecule has 0 amide bonds. The summed E-state index contributed by atoms with van der Waals surface area (Å²) in [5.41, 5.74) is 0.723. The van der Waals surface area contributed by atoms with Crippen molar-refractivity contribution in [3.63, 3.8) is 0 Å². The molecule has 0 aliphatic rings. The molecule has 1 atom stereocenters. The Morgan fingerprint density at radius 3 is 2.00 bits per heavy atom. The minimum Gasteiger partial charge on any atom is -0.508 e. The van der Waals surface area contributed by atoms with E-state index in [0.717, 1.165) is 5.56 Å². The SMILES string of the molecule is CC(C)C(Oc1ccccc1O)c1ccccc1O. The van der Waals surface area contributed by atoms with Gasteiger partial charge in [-0.15, -0.1) is 0 Å². The van der Waals surface area contributed by atoms with Crippen LogP contribution in [0, 0.1) is 5.92 Å². The minimum atomic E-state index is -0.311. The van der Waals surface area contributed by atoms with E-state index >= 15 is 0 Å². The molecule has 19 heavy (non-hydrogen) atoms. The Balaban J connectivity index is 2.33. The molecule has 0 saturated carbocycles. The maximum atomic E-state index is 9.93. The first-order chi connectivity index (χ1) is 9.09. The molecule has 0 spiro atoms. The van der Waals surface area contributed by atoms with E-state index in [1.807, 2.05) is 26.0 Å². The molecule has 1 unspecified atom stereocenters. The van der Waals surface area contributed by atoms with E-state index in [1.165, 1.54) is 0 Å². The van der Waals surface area contributed by atoms with Crippen LogP contribution in [-0.4, -0.2) is 10.2 Å². The van der Waals surface area contributed by atoms with Crippen molar-refractivity contribution in [2.24, 2.45) is 5.92 Å². The average molecular weight is 258 g/mol. The number of hydrogen-bond acceptors (Lipinski definition) is 3. The monoisotopic (exact) mass is 258 g/mol. The predicted octanol–water partition coefficient (Wildman–Crippen LogP) is 3.87. The highest BCUT2D eigenvalue weighted by molar-refractivity contribution is 5.40. The molecule has 0 saturated heterocycles. The summed E-state index contributed by atoms with van der Waals surface area (Å²) in [7, 11) is 0. The summed E-state index contributed by atoms with van der Waals surface area (Å²) in [6, 6.07) is 13.9. The van der Waals surface area contributed by atoms with Crippen LogP contribution >= 0.6 is 0 Å². The van der Waals surface area contributed by atoms with E-state index in [2.05, 4.69) is 0 Å². The fourth-order valence-electron chi connectivity index (χ4n) is 1.98. The first-order valence-corrected chi connectivity index (χ1v) is 6.32. The van der Waals surface area contributed by atoms with Crippen LogP contribution in [0.25, 0.3) is 0 Å². The molecule has 3 heteroatoms. The molecule has 0 heterocycles. The van der Waals surface area contributed by atoms with E-state index in [4.69, 9.17) is 4.74 Å². The highest BCUT2D eigenvalue weighted by atomic mass is 16.5. The molecule has 0 bridgehead atoms. The minimum absolute atomic E-state index is 0.101. The van der Waals surface area contributed by atoms with Crippen LogP contribution in [0.5, 0.6) is 17.2 Å². The third kappa shape index (κ3) is 2.99. The maximum Gasteiger partial charge on any atom is 0.161 e. The summed E-state index contributed by atoms with van der Waals surface area (Å²) in [6.07, 6.45) is -0.311. The van der Waals surface area contributed by atoms with Crippen LogP contribution in [0.1, 0.15) is 25.5 Å². The molecular formula is C16H18O3. The van der Waals surface area contributed by atoms with Gasteiger partial charge in [-0.25, -0.2) is 0 Å². The summed E-state index contributed by atoms with van der Waals surface area (Å²) < 4.78 is 5.86. The first kappa shape index (κ1) is 13.3. The lowest BCUT2D eigenvalue weighted by Crippen LogP contribution is -2.14. The number of phenols is 2. The number of phenolic OH excluding ortho intramolecular Hbond substituents is 2. The molecule has 0 aliphatic heterocycles. The van der Waals surface area contributed by atoms with Crippen LogP contribution in [0.4, 0.5) is 0 Å². The Morgan fingerprint density at radius 1 is 0.842 bits per heavy atom. The number of para-hydroxylation sites is 3. The molecule has 0 aliphatic carbocycles. The van der Waals surface area contributed by atoms with Gasteiger partial charge in [-0.05, 0) is 24.1 Å². The topological polar surface area (TPSA) is 49.7 Å². The van der Waals surface area contributed by atoms with E-state index in [-0.39, 0.29) is 23.5 Å². The summed E-state index contributed by atoms with van der Waals surface area (Å²) in [5.74, 6) is 0.887. The Labute approximate surface area is 113 Å². The van der Waals surface area contributed by atoms with Gasteiger partial charge in [0.2, 0.25) is 0 Å². The molecule has 0 radical (unpaired) electrons. The summed E-state index contributed by atoms with van der Waals surface area (Å²) in [5, 5.41) is 19.7. The number of ether oxygens (including phenoxy) is 1. The van der Waals surface area contributed by atoms with Gasteiger partial charge in [-0.3, -0.25) is 0 Å². The quantitative estimate of drug-likeness (QED) is 0.875. The standard InChI is InChI=1S/C16H18O3/c1-11(2)16(12-7-3-4-8-13(12)17)19-15-10-6-5-9-14(15)18/h3-11,16-18H,1-2H3. The lowest BCUT2D eigenvalue weighted by Gasteiger charge is -2.24. The fraction of sp³-hybridized carbons (Fsp3) is 0.250. The van der Waals surface area contributed by atoms with Crippen molar-refractivity contribution >= 4 is 0 Å². The van der Waals surface area contributed by atoms with Gasteiger partial charge in [0.1, 0.15) is 11.9 Å². The van der Waals surface area contributed by atoms with Gasteiger partial charge >= 0.3 is 0 Å². The molecule has 2 N–H and O–H groups in total. The maximum absolute atomic E-state index is 9.93. The third-order valence-electron chi connectivity index (χ3n) is 2.97. The zero-order chi connectivity index (χ0) is 13.8. The van der Waals surface area contributed by atoms with Crippen molar-refractivity contribution in [1.82, 2.24) is 0 Å². The van der Waals surface area contributed by atoms with Crippen LogP contribution in [0.3, 0.4) is 0 Å². The highest BCUT2D eigenvalue weighted by Gasteiger charge is 2.21. The second-order valence-corrected chi connectivity index (χ2v) is 4.81. The van der Waals surface area contributed by atoms with Crippen LogP contribution < -0.4 is 4.74 Å². The van der Waals surface area contributed by atoms with Crippen LogP contribution in [-0.2, 0) is 0 Å². The van der Waals surface area contributed by atoms with E-state index in [9.17, 15) is 10.2 Å². The average Bonchev–Trinajstić information content (AvgIpc) is 2.38. The summed E-state index contributed by atoms with van der Waals surface area (Å²) in [6.45, 7) is 4.02. The van der Waals surface area contributed by atoms with Gasteiger partial charge in [0.15, 0.2) is 11.5 Å². The Morgan fingerprint density at radius 2 is 1.42 bits per heavy atom. The van der Waals surface area contributed by atoms with Crippen molar-refractivity contribution in [3.8, 4) is 17.2 Å². The van der Waals surface area contributed by atoms with Gasteiger partial charge in [-0.1, -0.05) is 44.2 Å². The molecule has 2 aromatic carbocycles. The number of rotatable bonds is 4. The largest absolute Gasteiger partial charge is 0.508 e. The predicted molar refractivity (Wildman–Crippen MR) is 74.4 cm³/mol. The van der Waals surface area contributed by atoms with Crippen molar-refractivity contribution in [2.45, 2.75) is 20.0 Å². The van der Waals surface area contributed by atoms with Gasteiger partial charge in [0.05, 0.1) is 0 Å². The molecule has 2 aromatic rings. The molecule has 3 nitrogen and oxygen atoms in total. The third-order valence-corrected chi connectivity index (χ3v) is 2.97. The van der Waals surface area contributed by atoms with Gasteiger partial charge in [0, 0.05) is 5.56 Å². The zero-order valence-electron chi connectivity index (χ0n) is 11.1. The number of benzene rings is 2. The summed E-state index contributed by atoms with van der Waals surface area (Å²) in [4.78, 5) is 0. The second kappa shape index (κ2) is 5.65. The Hall–Kier alpha value is -2.16. The van der Waals surface area contributed by atoms with Crippen LogP contribution in [0.15, 0.2) is 48.5 Å². The van der Waals surface area contributed by atoms with Gasteiger partial charge < -0.3 is 14.9 Å². The molecular weight excluding hydrogens is 240 g/mol. The fourth-order valence-corrected chi connectivity index (χ4v) is 1.98. The van der Waals surface area contributed by atoms with Crippen molar-refractivity contribution in [1.29, 1.82) is 0 Å². The van der Waals surface area contributed by atoms with Crippen LogP contribution in [0.2, 0.25) is 0 Å². The number of hydrogen-bond donors (Lipinski definition) is 2. The molecule has 100 valence electrons. The van der Waals surface area contributed by atoms with E-state index < -0.39 is 0 Å². The smallest absolute Gasteiger partial charge is 0.161 e. The van der Waals surface area contributed by atoms with E-state index in [0.29, 0.717) is 5.75 Å². The second-order valence-electron chi connectivity index (χ2n) is 4.81. The molecule has 2 rings (SSSR count). The zero-order valence-corrected chi connectivity index (χ0v) is 11.1. The Kier molecular flexibility index (Phi) is 3.95. The van der Waals surface area contributed by atoms with E-state index in [1.54, 1.807) is 36.4 Å². The van der Waals surface area contributed by atoms with Gasteiger partial charge in [0.25, 0.3) is 0 Å². The highest BCUT2D eigenvalue weighted by Crippen LogP contribution is 2.36. The molecule has 0 fully saturated rings. The van der Waals surface area contributed by atoms with Crippen molar-refractivity contribution in [2.75, 3.05) is 0 Å². The lowest BCUT2D eigenvalue weighted by molar-refractivity contribution is 0.145. The lowest BCUT2D eigenvalue weighted by atomic mass is 9.98. The van der Waals surface area contributed by atoms with Crippen molar-refractivity contribution < 1.29 is 14.9 Å². The first-order valence-electron chi connectivity index (χ1n) is 6.32. The molecule has 0 aromatic heterocycles. The van der Waals surface area contributed by atoms with Gasteiger partial charge in [-0.2, -0.15) is 0 Å². The Bertz CT molecular complexity index is 549.